The summed E-state index contributed by atoms with van der Waals surface area (Å²) in [6.07, 6.45) is 0. The summed E-state index contributed by atoms with van der Waals surface area (Å²) in [5, 5.41) is 6.54. The molecular weight excluding hydrogens is 342 g/mol. The number of nitrogens with one attached hydrogen (secondary N) is 2. The quantitative estimate of drug-likeness (QED) is 0.708. The standard InChI is InChI=1S/C20H21N5O2/c1-13-10-19(22-14-4-7-16(8-5-14)25(2)3)24-20(21-13)23-15-6-9-17-18(11-15)27-12-26-17/h4-11H,12H2,1-3H3,(H2,21,22,23,24). The van der Waals surface area contributed by atoms with E-state index in [-0.39, 0.29) is 6.79 Å². The van der Waals surface area contributed by atoms with E-state index in [9.17, 15) is 0 Å². The van der Waals surface area contributed by atoms with Crippen LogP contribution in [0.1, 0.15) is 5.69 Å². The van der Waals surface area contributed by atoms with E-state index in [1.54, 1.807) is 0 Å². The average Bonchev–Trinajstić information content (AvgIpc) is 3.09. The molecule has 0 saturated heterocycles. The molecule has 0 amide bonds. The van der Waals surface area contributed by atoms with Crippen LogP contribution in [0.15, 0.2) is 48.5 Å². The first-order chi connectivity index (χ1) is 13.1. The minimum absolute atomic E-state index is 0.250. The fourth-order valence-corrected chi connectivity index (χ4v) is 2.78. The van der Waals surface area contributed by atoms with Crippen LogP contribution in [0.4, 0.5) is 28.8 Å². The highest BCUT2D eigenvalue weighted by molar-refractivity contribution is 5.64. The monoisotopic (exact) mass is 363 g/mol. The summed E-state index contributed by atoms with van der Waals surface area (Å²) in [5.41, 5.74) is 3.81. The van der Waals surface area contributed by atoms with Crippen molar-refractivity contribution in [2.24, 2.45) is 0 Å². The third kappa shape index (κ3) is 3.87. The maximum atomic E-state index is 5.41. The minimum atomic E-state index is 0.250. The summed E-state index contributed by atoms with van der Waals surface area (Å²) in [4.78, 5) is 11.1. The molecular formula is C20H21N5O2. The number of aromatic nitrogens is 2. The van der Waals surface area contributed by atoms with E-state index in [0.717, 1.165) is 34.3 Å². The van der Waals surface area contributed by atoms with Crippen LogP contribution < -0.4 is 25.0 Å². The molecule has 1 aromatic heterocycles. The first-order valence-electron chi connectivity index (χ1n) is 8.63. The summed E-state index contributed by atoms with van der Waals surface area (Å²) < 4.78 is 10.7. The van der Waals surface area contributed by atoms with E-state index in [1.807, 2.05) is 57.4 Å². The molecule has 1 aliphatic heterocycles. The van der Waals surface area contributed by atoms with Crippen LogP contribution in [-0.2, 0) is 0 Å². The van der Waals surface area contributed by atoms with Crippen LogP contribution in [0, 0.1) is 6.92 Å². The first-order valence-corrected chi connectivity index (χ1v) is 8.63. The van der Waals surface area contributed by atoms with Crippen molar-refractivity contribution in [3.63, 3.8) is 0 Å². The molecule has 2 aromatic carbocycles. The van der Waals surface area contributed by atoms with Gasteiger partial charge in [0.15, 0.2) is 11.5 Å². The number of anilines is 5. The Morgan fingerprint density at radius 2 is 1.59 bits per heavy atom. The van der Waals surface area contributed by atoms with E-state index in [1.165, 1.54) is 0 Å². The molecule has 0 aliphatic carbocycles. The van der Waals surface area contributed by atoms with Crippen LogP contribution in [-0.4, -0.2) is 30.9 Å². The number of fused-ring (bicyclic) bond motifs is 1. The van der Waals surface area contributed by atoms with Gasteiger partial charge in [-0.1, -0.05) is 0 Å². The van der Waals surface area contributed by atoms with Crippen molar-refractivity contribution in [2.75, 3.05) is 36.4 Å². The molecule has 2 heterocycles. The van der Waals surface area contributed by atoms with Crippen molar-refractivity contribution < 1.29 is 9.47 Å². The van der Waals surface area contributed by atoms with E-state index in [0.29, 0.717) is 11.7 Å². The van der Waals surface area contributed by atoms with Crippen LogP contribution in [0.2, 0.25) is 0 Å². The zero-order valence-corrected chi connectivity index (χ0v) is 15.5. The van der Waals surface area contributed by atoms with Gasteiger partial charge in [-0.3, -0.25) is 0 Å². The van der Waals surface area contributed by atoms with Gasteiger partial charge in [0.2, 0.25) is 12.7 Å². The lowest BCUT2D eigenvalue weighted by molar-refractivity contribution is 0.174. The van der Waals surface area contributed by atoms with Crippen LogP contribution in [0.5, 0.6) is 11.5 Å². The van der Waals surface area contributed by atoms with Crippen LogP contribution in [0.3, 0.4) is 0 Å². The molecule has 0 radical (unpaired) electrons. The Morgan fingerprint density at radius 1 is 0.852 bits per heavy atom. The molecule has 2 N–H and O–H groups in total. The van der Waals surface area contributed by atoms with Crippen molar-refractivity contribution in [3.05, 3.63) is 54.2 Å². The maximum Gasteiger partial charge on any atom is 0.231 e. The molecule has 1 aliphatic rings. The van der Waals surface area contributed by atoms with Crippen molar-refractivity contribution >= 4 is 28.8 Å². The molecule has 7 nitrogen and oxygen atoms in total. The Bertz CT molecular complexity index is 957. The Morgan fingerprint density at radius 3 is 2.37 bits per heavy atom. The Hall–Kier alpha value is -3.48. The Balaban J connectivity index is 1.52. The summed E-state index contributed by atoms with van der Waals surface area (Å²) in [7, 11) is 4.04. The first kappa shape index (κ1) is 17.0. The van der Waals surface area contributed by atoms with Gasteiger partial charge in [0, 0.05) is 49.0 Å². The van der Waals surface area contributed by atoms with E-state index >= 15 is 0 Å². The minimum Gasteiger partial charge on any atom is -0.454 e. The highest BCUT2D eigenvalue weighted by atomic mass is 16.7. The van der Waals surface area contributed by atoms with Crippen LogP contribution >= 0.6 is 0 Å². The third-order valence-corrected chi connectivity index (χ3v) is 4.14. The van der Waals surface area contributed by atoms with E-state index in [4.69, 9.17) is 9.47 Å². The van der Waals surface area contributed by atoms with Gasteiger partial charge in [-0.05, 0) is 43.3 Å². The molecule has 4 rings (SSSR count). The van der Waals surface area contributed by atoms with Crippen LogP contribution in [0.25, 0.3) is 0 Å². The number of nitrogens with zero attached hydrogens (tertiary/aromatic N) is 3. The molecule has 27 heavy (non-hydrogen) atoms. The Labute approximate surface area is 158 Å². The zero-order chi connectivity index (χ0) is 18.8. The second-order valence-electron chi connectivity index (χ2n) is 6.48. The molecule has 0 atom stereocenters. The normalized spacial score (nSPS) is 12.0. The molecule has 0 fully saturated rings. The number of hydrogen-bond acceptors (Lipinski definition) is 7. The summed E-state index contributed by atoms with van der Waals surface area (Å²) in [6, 6.07) is 15.7. The fraction of sp³-hybridized carbons (Fsp3) is 0.200. The molecule has 0 unspecified atom stereocenters. The van der Waals surface area contributed by atoms with E-state index < -0.39 is 0 Å². The highest BCUT2D eigenvalue weighted by Gasteiger charge is 2.14. The zero-order valence-electron chi connectivity index (χ0n) is 15.5. The van der Waals surface area contributed by atoms with Crippen molar-refractivity contribution in [3.8, 4) is 11.5 Å². The van der Waals surface area contributed by atoms with E-state index in [2.05, 4.69) is 37.6 Å². The summed E-state index contributed by atoms with van der Waals surface area (Å²) in [6.45, 7) is 2.19. The van der Waals surface area contributed by atoms with Gasteiger partial charge in [-0.2, -0.15) is 4.98 Å². The second-order valence-corrected chi connectivity index (χ2v) is 6.48. The maximum absolute atomic E-state index is 5.41. The summed E-state index contributed by atoms with van der Waals surface area (Å²) >= 11 is 0. The number of rotatable bonds is 5. The second kappa shape index (κ2) is 7.03. The molecule has 0 spiro atoms. The largest absolute Gasteiger partial charge is 0.454 e. The van der Waals surface area contributed by atoms with Gasteiger partial charge >= 0.3 is 0 Å². The van der Waals surface area contributed by atoms with Gasteiger partial charge in [-0.15, -0.1) is 0 Å². The smallest absolute Gasteiger partial charge is 0.231 e. The lowest BCUT2D eigenvalue weighted by atomic mass is 10.2. The number of benzene rings is 2. The van der Waals surface area contributed by atoms with Gasteiger partial charge < -0.3 is 25.0 Å². The fourth-order valence-electron chi connectivity index (χ4n) is 2.78. The average molecular weight is 363 g/mol. The van der Waals surface area contributed by atoms with Gasteiger partial charge in [0.1, 0.15) is 5.82 Å². The van der Waals surface area contributed by atoms with Gasteiger partial charge in [-0.25, -0.2) is 4.98 Å². The van der Waals surface area contributed by atoms with Crippen molar-refractivity contribution in [1.82, 2.24) is 9.97 Å². The SMILES string of the molecule is Cc1cc(Nc2ccc(N(C)C)cc2)nc(Nc2ccc3c(c2)OCO3)n1. The Kier molecular flexibility index (Phi) is 4.42. The van der Waals surface area contributed by atoms with Crippen molar-refractivity contribution in [1.29, 1.82) is 0 Å². The van der Waals surface area contributed by atoms with Gasteiger partial charge in [0.25, 0.3) is 0 Å². The highest BCUT2D eigenvalue weighted by Crippen LogP contribution is 2.35. The van der Waals surface area contributed by atoms with Gasteiger partial charge in [0.05, 0.1) is 0 Å². The topological polar surface area (TPSA) is 71.5 Å². The molecule has 138 valence electrons. The van der Waals surface area contributed by atoms with Crippen molar-refractivity contribution in [2.45, 2.75) is 6.92 Å². The third-order valence-electron chi connectivity index (χ3n) is 4.14. The number of hydrogen-bond donors (Lipinski definition) is 2. The molecule has 3 aromatic rings. The number of aryl methyl sites for hydroxylation is 1. The molecule has 0 saturated carbocycles. The number of ether oxygens (including phenoxy) is 2. The lowest BCUT2D eigenvalue weighted by Gasteiger charge is -2.14. The predicted molar refractivity (Wildman–Crippen MR) is 107 cm³/mol. The lowest BCUT2D eigenvalue weighted by Crippen LogP contribution is -2.08. The molecule has 0 bridgehead atoms. The molecule has 7 heteroatoms. The summed E-state index contributed by atoms with van der Waals surface area (Å²) in [5.74, 6) is 2.70. The predicted octanol–water partition coefficient (Wildman–Crippen LogP) is 4.07.